The third kappa shape index (κ3) is 4.04. The Labute approximate surface area is 114 Å². The van der Waals surface area contributed by atoms with Crippen molar-refractivity contribution in [2.75, 3.05) is 11.1 Å². The minimum absolute atomic E-state index is 0.0130. The van der Waals surface area contributed by atoms with Crippen LogP contribution in [-0.4, -0.2) is 26.1 Å². The summed E-state index contributed by atoms with van der Waals surface area (Å²) in [4.78, 5) is 12.0. The van der Waals surface area contributed by atoms with Gasteiger partial charge in [-0.15, -0.1) is 0 Å². The van der Waals surface area contributed by atoms with Gasteiger partial charge in [-0.3, -0.25) is 4.79 Å². The normalized spacial score (nSPS) is 13.0. The van der Waals surface area contributed by atoms with E-state index in [2.05, 4.69) is 5.32 Å². The molecule has 6 heteroatoms. The molecule has 0 saturated heterocycles. The molecule has 1 amide bonds. The number of carbonyl (C=O) groups excluding carboxylic acids is 1. The fraction of sp³-hybridized carbons (Fsp3) is 0.462. The van der Waals surface area contributed by atoms with Gasteiger partial charge in [0.05, 0.1) is 22.4 Å². The van der Waals surface area contributed by atoms with Crippen molar-refractivity contribution < 1.29 is 13.2 Å². The van der Waals surface area contributed by atoms with Gasteiger partial charge in [-0.05, 0) is 18.6 Å². The average Bonchev–Trinajstić information content (AvgIpc) is 2.39. The fourth-order valence-corrected chi connectivity index (χ4v) is 2.72. The van der Waals surface area contributed by atoms with E-state index < -0.39 is 15.9 Å². The van der Waals surface area contributed by atoms with Crippen LogP contribution in [0.3, 0.4) is 0 Å². The number of hydrogen-bond acceptors (Lipinski definition) is 4. The van der Waals surface area contributed by atoms with Crippen LogP contribution in [0.25, 0.3) is 0 Å². The van der Waals surface area contributed by atoms with Gasteiger partial charge >= 0.3 is 0 Å². The Morgan fingerprint density at radius 3 is 2.53 bits per heavy atom. The lowest BCUT2D eigenvalue weighted by Crippen LogP contribution is -2.35. The summed E-state index contributed by atoms with van der Waals surface area (Å²) < 4.78 is 23.8. The molecular formula is C13H20N2O3S. The Balaban J connectivity index is 3.00. The molecule has 1 atom stereocenters. The first kappa shape index (κ1) is 15.7. The lowest BCUT2D eigenvalue weighted by Gasteiger charge is -2.14. The molecule has 0 spiro atoms. The Morgan fingerprint density at radius 1 is 1.32 bits per heavy atom. The summed E-state index contributed by atoms with van der Waals surface area (Å²) in [6.45, 7) is 3.50. The number of nitrogens with one attached hydrogen (secondary N) is 1. The molecule has 1 rings (SSSR count). The van der Waals surface area contributed by atoms with E-state index in [0.29, 0.717) is 12.1 Å². The SMILES string of the molecule is CCC[C@@H](N)C(=O)Nc1ccccc1S(=O)(=O)CC. The summed E-state index contributed by atoms with van der Waals surface area (Å²) in [7, 11) is -3.37. The van der Waals surface area contributed by atoms with Gasteiger partial charge in [-0.2, -0.15) is 0 Å². The first-order chi connectivity index (χ1) is 8.92. The largest absolute Gasteiger partial charge is 0.324 e. The number of amides is 1. The van der Waals surface area contributed by atoms with Crippen LogP contribution in [-0.2, 0) is 14.6 Å². The standard InChI is InChI=1S/C13H20N2O3S/c1-3-7-10(14)13(16)15-11-8-5-6-9-12(11)19(17,18)4-2/h5-6,8-10H,3-4,7,14H2,1-2H3,(H,15,16)/t10-/m1/s1. The first-order valence-corrected chi connectivity index (χ1v) is 7.95. The molecule has 0 aromatic heterocycles. The van der Waals surface area contributed by atoms with Crippen molar-refractivity contribution in [1.82, 2.24) is 0 Å². The zero-order valence-corrected chi connectivity index (χ0v) is 12.0. The molecule has 0 unspecified atom stereocenters. The molecule has 0 heterocycles. The van der Waals surface area contributed by atoms with E-state index in [1.165, 1.54) is 6.07 Å². The maximum absolute atomic E-state index is 11.9. The van der Waals surface area contributed by atoms with Crippen LogP contribution in [0.15, 0.2) is 29.2 Å². The van der Waals surface area contributed by atoms with Gasteiger partial charge in [0, 0.05) is 0 Å². The summed E-state index contributed by atoms with van der Waals surface area (Å²) in [6, 6.07) is 5.74. The van der Waals surface area contributed by atoms with Crippen LogP contribution in [0.5, 0.6) is 0 Å². The van der Waals surface area contributed by atoms with Gasteiger partial charge in [0.2, 0.25) is 5.91 Å². The molecule has 0 aliphatic carbocycles. The summed E-state index contributed by atoms with van der Waals surface area (Å²) in [5.41, 5.74) is 6.00. The summed E-state index contributed by atoms with van der Waals surface area (Å²) in [5, 5.41) is 2.59. The third-order valence-electron chi connectivity index (χ3n) is 2.80. The Kier molecular flexibility index (Phi) is 5.50. The predicted octanol–water partition coefficient (Wildman–Crippen LogP) is 1.55. The van der Waals surface area contributed by atoms with Gasteiger partial charge in [-0.25, -0.2) is 8.42 Å². The van der Waals surface area contributed by atoms with Gasteiger partial charge in [0.1, 0.15) is 0 Å². The van der Waals surface area contributed by atoms with Crippen molar-refractivity contribution in [3.05, 3.63) is 24.3 Å². The van der Waals surface area contributed by atoms with Gasteiger partial charge in [-0.1, -0.05) is 32.4 Å². The second kappa shape index (κ2) is 6.68. The highest BCUT2D eigenvalue weighted by atomic mass is 32.2. The molecule has 0 saturated carbocycles. The number of benzene rings is 1. The van der Waals surface area contributed by atoms with E-state index in [-0.39, 0.29) is 16.6 Å². The van der Waals surface area contributed by atoms with Crippen LogP contribution >= 0.6 is 0 Å². The molecular weight excluding hydrogens is 264 g/mol. The minimum Gasteiger partial charge on any atom is -0.324 e. The van der Waals surface area contributed by atoms with E-state index in [1.54, 1.807) is 25.1 Å². The molecule has 3 N–H and O–H groups in total. The molecule has 5 nitrogen and oxygen atoms in total. The van der Waals surface area contributed by atoms with Crippen molar-refractivity contribution in [1.29, 1.82) is 0 Å². The quantitative estimate of drug-likeness (QED) is 0.829. The lowest BCUT2D eigenvalue weighted by molar-refractivity contribution is -0.117. The number of hydrogen-bond donors (Lipinski definition) is 2. The van der Waals surface area contributed by atoms with Gasteiger partial charge in [0.25, 0.3) is 0 Å². The first-order valence-electron chi connectivity index (χ1n) is 6.30. The summed E-state index contributed by atoms with van der Waals surface area (Å²) >= 11 is 0. The van der Waals surface area contributed by atoms with Crippen molar-refractivity contribution in [2.45, 2.75) is 37.6 Å². The molecule has 0 aliphatic heterocycles. The number of anilines is 1. The molecule has 1 aromatic rings. The monoisotopic (exact) mass is 284 g/mol. The van der Waals surface area contributed by atoms with Crippen LogP contribution in [0.2, 0.25) is 0 Å². The maximum Gasteiger partial charge on any atom is 0.241 e. The Hall–Kier alpha value is -1.40. The Bertz CT molecular complexity index is 541. The van der Waals surface area contributed by atoms with Crippen LogP contribution < -0.4 is 11.1 Å². The molecule has 0 radical (unpaired) electrons. The summed E-state index contributed by atoms with van der Waals surface area (Å²) in [6.07, 6.45) is 1.36. The third-order valence-corrected chi connectivity index (χ3v) is 4.58. The van der Waals surface area contributed by atoms with Crippen molar-refractivity contribution in [2.24, 2.45) is 5.73 Å². The molecule has 106 valence electrons. The fourth-order valence-electron chi connectivity index (χ4n) is 1.66. The van der Waals surface area contributed by atoms with Crippen LogP contribution in [0.1, 0.15) is 26.7 Å². The van der Waals surface area contributed by atoms with Crippen molar-refractivity contribution in [3.8, 4) is 0 Å². The summed E-state index contributed by atoms with van der Waals surface area (Å²) in [5.74, 6) is -0.374. The van der Waals surface area contributed by atoms with Gasteiger partial charge < -0.3 is 11.1 Å². The lowest BCUT2D eigenvalue weighted by atomic mass is 10.1. The molecule has 19 heavy (non-hydrogen) atoms. The van der Waals surface area contributed by atoms with E-state index >= 15 is 0 Å². The zero-order valence-electron chi connectivity index (χ0n) is 11.2. The van der Waals surface area contributed by atoms with E-state index in [0.717, 1.165) is 6.42 Å². The van der Waals surface area contributed by atoms with E-state index in [4.69, 9.17) is 5.73 Å². The Morgan fingerprint density at radius 2 is 1.95 bits per heavy atom. The van der Waals surface area contributed by atoms with E-state index in [1.807, 2.05) is 6.92 Å². The number of sulfone groups is 1. The maximum atomic E-state index is 11.9. The highest BCUT2D eigenvalue weighted by Gasteiger charge is 2.19. The smallest absolute Gasteiger partial charge is 0.241 e. The van der Waals surface area contributed by atoms with Gasteiger partial charge in [0.15, 0.2) is 9.84 Å². The second-order valence-electron chi connectivity index (χ2n) is 4.28. The van der Waals surface area contributed by atoms with Crippen molar-refractivity contribution in [3.63, 3.8) is 0 Å². The van der Waals surface area contributed by atoms with Crippen molar-refractivity contribution >= 4 is 21.4 Å². The predicted molar refractivity (Wildman–Crippen MR) is 75.7 cm³/mol. The number of rotatable bonds is 6. The number of nitrogens with two attached hydrogens (primary N) is 1. The molecule has 0 aliphatic rings. The number of para-hydroxylation sites is 1. The zero-order chi connectivity index (χ0) is 14.5. The highest BCUT2D eigenvalue weighted by Crippen LogP contribution is 2.22. The highest BCUT2D eigenvalue weighted by molar-refractivity contribution is 7.91. The van der Waals surface area contributed by atoms with Crippen LogP contribution in [0, 0.1) is 0 Å². The average molecular weight is 284 g/mol. The second-order valence-corrected chi connectivity index (χ2v) is 6.53. The molecule has 0 bridgehead atoms. The van der Waals surface area contributed by atoms with E-state index in [9.17, 15) is 13.2 Å². The molecule has 0 fully saturated rings. The molecule has 1 aromatic carbocycles. The van der Waals surface area contributed by atoms with Crippen LogP contribution in [0.4, 0.5) is 5.69 Å². The number of carbonyl (C=O) groups is 1. The topological polar surface area (TPSA) is 89.3 Å². The minimum atomic E-state index is -3.37.